The zero-order valence-corrected chi connectivity index (χ0v) is 27.4. The quantitative estimate of drug-likeness (QED) is 0.154. The fourth-order valence-electron chi connectivity index (χ4n) is 5.49. The summed E-state index contributed by atoms with van der Waals surface area (Å²) in [6, 6.07) is 11.9. The topological polar surface area (TPSA) is 112 Å². The maximum Gasteiger partial charge on any atom is 0.311 e. The van der Waals surface area contributed by atoms with Gasteiger partial charge in [-0.2, -0.15) is 0 Å². The molecule has 0 aliphatic rings. The number of carbonyl (C=O) groups is 3. The molecule has 234 valence electrons. The van der Waals surface area contributed by atoms with E-state index in [-0.39, 0.29) is 32.0 Å². The van der Waals surface area contributed by atoms with Gasteiger partial charge in [0, 0.05) is 6.54 Å². The van der Waals surface area contributed by atoms with E-state index in [1.165, 1.54) is 0 Å². The molecule has 10 heteroatoms. The average Bonchev–Trinajstić information content (AvgIpc) is 3.62. The first kappa shape index (κ1) is 34.0. The first-order chi connectivity index (χ1) is 20.4. The molecule has 1 aromatic carbocycles. The fraction of sp³-hybridized carbons (Fsp3) is 0.545. The molecular formula is C33H46N4O5S. The second-order valence-corrected chi connectivity index (χ2v) is 13.2. The van der Waals surface area contributed by atoms with E-state index in [1.54, 1.807) is 56.8 Å². The highest BCUT2D eigenvalue weighted by molar-refractivity contribution is 7.13. The van der Waals surface area contributed by atoms with Crippen molar-refractivity contribution in [3.63, 3.8) is 0 Å². The number of nitrogens with one attached hydrogen (secondary N) is 1. The Morgan fingerprint density at radius 1 is 0.977 bits per heavy atom. The lowest BCUT2D eigenvalue weighted by molar-refractivity contribution is -0.165. The minimum atomic E-state index is -1.34. The van der Waals surface area contributed by atoms with Crippen LogP contribution in [0.4, 0.5) is 0 Å². The molecule has 0 saturated heterocycles. The largest absolute Gasteiger partial charge is 0.466 e. The lowest BCUT2D eigenvalue weighted by Gasteiger charge is -2.40. The molecule has 0 bridgehead atoms. The lowest BCUT2D eigenvalue weighted by Crippen LogP contribution is -2.52. The monoisotopic (exact) mass is 610 g/mol. The molecule has 9 nitrogen and oxygen atoms in total. The van der Waals surface area contributed by atoms with Gasteiger partial charge in [-0.15, -0.1) is 16.4 Å². The van der Waals surface area contributed by atoms with Crippen LogP contribution in [0.25, 0.3) is 10.6 Å². The molecule has 2 heterocycles. The van der Waals surface area contributed by atoms with E-state index in [0.717, 1.165) is 22.4 Å². The second kappa shape index (κ2) is 14.8. The standard InChI is InChI=1S/C33H46N4O5S/c1-8-10-19-42-30(40)32(6,22-31(4,5)29(39)41-9-2)23-33(7,28(38)34-18-16-25-14-12-11-13-15-25)37-21-26(35-36-37)27-24(3)17-20-43-27/h11-15,17,20-21H,8-10,16,18-19,22-23H2,1-7H3,(H,34,38). The number of hydrogen-bond acceptors (Lipinski definition) is 8. The predicted octanol–water partition coefficient (Wildman–Crippen LogP) is 6.11. The molecule has 3 rings (SSSR count). The van der Waals surface area contributed by atoms with Gasteiger partial charge < -0.3 is 14.8 Å². The highest BCUT2D eigenvalue weighted by Crippen LogP contribution is 2.44. The van der Waals surface area contributed by atoms with Crippen molar-refractivity contribution < 1.29 is 23.9 Å². The number of thiophene rings is 1. The Balaban J connectivity index is 2.01. The zero-order valence-electron chi connectivity index (χ0n) is 26.6. The summed E-state index contributed by atoms with van der Waals surface area (Å²) in [7, 11) is 0. The number of unbranched alkanes of at least 4 members (excludes halogenated alkanes) is 1. The molecular weight excluding hydrogens is 564 g/mol. The van der Waals surface area contributed by atoms with E-state index in [1.807, 2.05) is 55.6 Å². The van der Waals surface area contributed by atoms with E-state index in [4.69, 9.17) is 9.47 Å². The van der Waals surface area contributed by atoms with E-state index < -0.39 is 28.3 Å². The number of amides is 1. The molecule has 2 aromatic heterocycles. The van der Waals surface area contributed by atoms with Crippen LogP contribution in [0.3, 0.4) is 0 Å². The molecule has 0 aliphatic carbocycles. The number of rotatable bonds is 16. The minimum Gasteiger partial charge on any atom is -0.466 e. The van der Waals surface area contributed by atoms with Gasteiger partial charge in [0.2, 0.25) is 5.91 Å². The van der Waals surface area contributed by atoms with Crippen LogP contribution in [-0.2, 0) is 35.8 Å². The third-order valence-electron chi connectivity index (χ3n) is 7.74. The molecule has 0 saturated carbocycles. The molecule has 2 atom stereocenters. The van der Waals surface area contributed by atoms with Gasteiger partial charge in [-0.3, -0.25) is 14.4 Å². The number of hydrogen-bond donors (Lipinski definition) is 1. The smallest absolute Gasteiger partial charge is 0.311 e. The molecule has 0 radical (unpaired) electrons. The van der Waals surface area contributed by atoms with Crippen molar-refractivity contribution in [1.82, 2.24) is 20.3 Å². The van der Waals surface area contributed by atoms with Crippen molar-refractivity contribution in [2.75, 3.05) is 19.8 Å². The van der Waals surface area contributed by atoms with E-state index in [2.05, 4.69) is 15.6 Å². The van der Waals surface area contributed by atoms with Gasteiger partial charge in [0.15, 0.2) is 0 Å². The maximum atomic E-state index is 14.1. The summed E-state index contributed by atoms with van der Waals surface area (Å²) in [6.45, 7) is 13.7. The van der Waals surface area contributed by atoms with Crippen molar-refractivity contribution in [1.29, 1.82) is 0 Å². The number of ether oxygens (including phenoxy) is 2. The Bertz CT molecular complexity index is 1370. The number of aromatic nitrogens is 3. The summed E-state index contributed by atoms with van der Waals surface area (Å²) in [6.07, 6.45) is 4.12. The van der Waals surface area contributed by atoms with Crippen molar-refractivity contribution in [2.24, 2.45) is 10.8 Å². The van der Waals surface area contributed by atoms with Gasteiger partial charge in [-0.25, -0.2) is 4.68 Å². The molecule has 0 spiro atoms. The molecule has 2 unspecified atom stereocenters. The van der Waals surface area contributed by atoms with Crippen molar-refractivity contribution in [3.8, 4) is 10.6 Å². The van der Waals surface area contributed by atoms with Crippen molar-refractivity contribution in [2.45, 2.75) is 86.1 Å². The first-order valence-corrected chi connectivity index (χ1v) is 15.9. The van der Waals surface area contributed by atoms with E-state index in [0.29, 0.717) is 25.1 Å². The highest BCUT2D eigenvalue weighted by Gasteiger charge is 2.51. The summed E-state index contributed by atoms with van der Waals surface area (Å²) in [5.41, 5.74) is -0.778. The number of nitrogens with zero attached hydrogens (tertiary/aromatic N) is 3. The Morgan fingerprint density at radius 2 is 1.70 bits per heavy atom. The van der Waals surface area contributed by atoms with Gasteiger partial charge in [-0.05, 0) is 89.8 Å². The Hall–Kier alpha value is -3.53. The van der Waals surface area contributed by atoms with Gasteiger partial charge in [0.05, 0.1) is 35.1 Å². The van der Waals surface area contributed by atoms with Crippen LogP contribution in [0, 0.1) is 17.8 Å². The zero-order chi connectivity index (χ0) is 31.7. The summed E-state index contributed by atoms with van der Waals surface area (Å²) in [4.78, 5) is 41.9. The molecule has 1 amide bonds. The minimum absolute atomic E-state index is 0.0250. The summed E-state index contributed by atoms with van der Waals surface area (Å²) in [5.74, 6) is -1.17. The van der Waals surface area contributed by atoms with Gasteiger partial charge in [-0.1, -0.05) is 48.9 Å². The number of esters is 2. The van der Waals surface area contributed by atoms with E-state index >= 15 is 0 Å². The molecule has 1 N–H and O–H groups in total. The maximum absolute atomic E-state index is 14.1. The van der Waals surface area contributed by atoms with Gasteiger partial charge in [0.1, 0.15) is 11.2 Å². The van der Waals surface area contributed by atoms with Crippen molar-refractivity contribution in [3.05, 3.63) is 59.1 Å². The number of benzene rings is 1. The number of aryl methyl sites for hydroxylation is 1. The van der Waals surface area contributed by atoms with Crippen LogP contribution >= 0.6 is 11.3 Å². The van der Waals surface area contributed by atoms with Crippen LogP contribution in [0.1, 0.15) is 78.4 Å². The molecule has 43 heavy (non-hydrogen) atoms. The van der Waals surface area contributed by atoms with Gasteiger partial charge in [0.25, 0.3) is 0 Å². The van der Waals surface area contributed by atoms with Crippen molar-refractivity contribution >= 4 is 29.2 Å². The summed E-state index contributed by atoms with van der Waals surface area (Å²) >= 11 is 1.55. The van der Waals surface area contributed by atoms with Crippen LogP contribution in [0.5, 0.6) is 0 Å². The predicted molar refractivity (Wildman–Crippen MR) is 168 cm³/mol. The molecule has 0 fully saturated rings. The Labute approximate surface area is 259 Å². The SMILES string of the molecule is CCCCOC(=O)C(C)(CC(C)(C)C(=O)OCC)CC(C)(C(=O)NCCc1ccccc1)n1cc(-c2sccc2C)nn1. The van der Waals surface area contributed by atoms with Gasteiger partial charge >= 0.3 is 11.9 Å². The third-order valence-corrected chi connectivity index (χ3v) is 8.78. The first-order valence-electron chi connectivity index (χ1n) is 15.0. The van der Waals surface area contributed by atoms with Crippen LogP contribution in [0.2, 0.25) is 0 Å². The van der Waals surface area contributed by atoms with Crippen LogP contribution in [0.15, 0.2) is 48.0 Å². The average molecular weight is 611 g/mol. The Morgan fingerprint density at radius 3 is 2.33 bits per heavy atom. The molecule has 3 aromatic rings. The Kier molecular flexibility index (Phi) is 11.7. The summed E-state index contributed by atoms with van der Waals surface area (Å²) in [5, 5.41) is 13.9. The lowest BCUT2D eigenvalue weighted by atomic mass is 9.68. The molecule has 0 aliphatic heterocycles. The van der Waals surface area contributed by atoms with Crippen LogP contribution < -0.4 is 5.32 Å². The highest BCUT2D eigenvalue weighted by atomic mass is 32.1. The summed E-state index contributed by atoms with van der Waals surface area (Å²) < 4.78 is 12.6. The normalized spacial score (nSPS) is 14.4. The van der Waals surface area contributed by atoms with E-state index in [9.17, 15) is 14.4 Å². The van der Waals surface area contributed by atoms with Crippen LogP contribution in [-0.4, -0.2) is 52.6 Å². The number of carbonyl (C=O) groups excluding carboxylic acids is 3. The fourth-order valence-corrected chi connectivity index (χ4v) is 6.37. The third kappa shape index (κ3) is 8.53. The second-order valence-electron chi connectivity index (χ2n) is 12.3.